The van der Waals surface area contributed by atoms with Crippen molar-refractivity contribution in [3.63, 3.8) is 0 Å². The maximum Gasteiger partial charge on any atom is 0.223 e. The molecule has 4 heteroatoms. The largest absolute Gasteiger partial charge is 0.340 e. The van der Waals surface area contributed by atoms with E-state index in [-0.39, 0.29) is 0 Å². The van der Waals surface area contributed by atoms with Crippen molar-refractivity contribution in [3.05, 3.63) is 11.7 Å². The van der Waals surface area contributed by atoms with E-state index in [9.17, 15) is 0 Å². The van der Waals surface area contributed by atoms with Gasteiger partial charge in [0.05, 0.1) is 0 Å². The van der Waals surface area contributed by atoms with Gasteiger partial charge in [0.25, 0.3) is 0 Å². The highest BCUT2D eigenvalue weighted by atomic mass is 16.5. The Morgan fingerprint density at radius 2 is 2.36 bits per heavy atom. The number of nitrogens with one attached hydrogen (secondary N) is 1. The van der Waals surface area contributed by atoms with E-state index in [0.29, 0.717) is 11.9 Å². The lowest BCUT2D eigenvalue weighted by Crippen LogP contribution is -2.29. The van der Waals surface area contributed by atoms with Crippen molar-refractivity contribution in [2.24, 2.45) is 5.92 Å². The summed E-state index contributed by atoms with van der Waals surface area (Å²) in [6.45, 7) is 5.01. The van der Waals surface area contributed by atoms with Crippen LogP contribution in [0.5, 0.6) is 0 Å². The van der Waals surface area contributed by atoms with E-state index < -0.39 is 0 Å². The van der Waals surface area contributed by atoms with Crippen LogP contribution in [0.2, 0.25) is 0 Å². The average molecular weight is 195 g/mol. The van der Waals surface area contributed by atoms with E-state index in [1.54, 1.807) is 0 Å². The molecule has 1 aromatic heterocycles. The number of nitrogens with zero attached hydrogens (tertiary/aromatic N) is 2. The Morgan fingerprint density at radius 1 is 1.57 bits per heavy atom. The van der Waals surface area contributed by atoms with Gasteiger partial charge in [0.1, 0.15) is 0 Å². The summed E-state index contributed by atoms with van der Waals surface area (Å²) in [6.07, 6.45) is 3.62. The minimum absolute atomic E-state index is 0.642. The molecule has 14 heavy (non-hydrogen) atoms. The van der Waals surface area contributed by atoms with Gasteiger partial charge in [0.2, 0.25) is 5.89 Å². The summed E-state index contributed by atoms with van der Waals surface area (Å²) in [5.74, 6) is 2.36. The third-order valence-electron chi connectivity index (χ3n) is 2.71. The summed E-state index contributed by atoms with van der Waals surface area (Å²) in [6, 6.07) is 0.642. The smallest absolute Gasteiger partial charge is 0.223 e. The summed E-state index contributed by atoms with van der Waals surface area (Å²) in [5, 5.41) is 7.33. The van der Waals surface area contributed by atoms with Gasteiger partial charge in [-0.25, -0.2) is 0 Å². The summed E-state index contributed by atoms with van der Waals surface area (Å²) in [4.78, 5) is 4.15. The molecule has 1 N–H and O–H groups in total. The summed E-state index contributed by atoms with van der Waals surface area (Å²) < 4.78 is 4.89. The van der Waals surface area contributed by atoms with Crippen molar-refractivity contribution in [3.8, 4) is 0 Å². The van der Waals surface area contributed by atoms with Crippen LogP contribution in [0.15, 0.2) is 4.52 Å². The van der Waals surface area contributed by atoms with Crippen LogP contribution in [0.3, 0.4) is 0 Å². The van der Waals surface area contributed by atoms with Crippen LogP contribution in [0.25, 0.3) is 0 Å². The van der Waals surface area contributed by atoms with Crippen molar-refractivity contribution in [1.29, 1.82) is 0 Å². The Balaban J connectivity index is 1.67. The van der Waals surface area contributed by atoms with Gasteiger partial charge >= 0.3 is 0 Å². The van der Waals surface area contributed by atoms with Gasteiger partial charge in [-0.15, -0.1) is 0 Å². The molecular formula is C10H17N3O. The predicted octanol–water partition coefficient (Wildman–Crippen LogP) is 1.31. The van der Waals surface area contributed by atoms with Crippen LogP contribution in [-0.4, -0.2) is 22.7 Å². The molecule has 1 aromatic rings. The lowest BCUT2D eigenvalue weighted by Gasteiger charge is -2.10. The van der Waals surface area contributed by atoms with Gasteiger partial charge in [0.15, 0.2) is 5.82 Å². The SMILES string of the molecule is Cc1nc(CCNC(C)C2CC2)no1. The average Bonchev–Trinajstić information content (AvgIpc) is 2.92. The van der Waals surface area contributed by atoms with Crippen LogP contribution < -0.4 is 5.32 Å². The molecule has 1 fully saturated rings. The maximum atomic E-state index is 4.89. The number of hydrogen-bond acceptors (Lipinski definition) is 4. The van der Waals surface area contributed by atoms with E-state index in [4.69, 9.17) is 4.52 Å². The van der Waals surface area contributed by atoms with Gasteiger partial charge in [-0.2, -0.15) is 4.98 Å². The standard InChI is InChI=1S/C10H17N3O/c1-7(9-3-4-9)11-6-5-10-12-8(2)14-13-10/h7,9,11H,3-6H2,1-2H3. The zero-order chi connectivity index (χ0) is 9.97. The minimum Gasteiger partial charge on any atom is -0.340 e. The zero-order valence-corrected chi connectivity index (χ0v) is 8.79. The Labute approximate surface area is 84.1 Å². The van der Waals surface area contributed by atoms with Gasteiger partial charge in [0, 0.05) is 25.9 Å². The van der Waals surface area contributed by atoms with Crippen LogP contribution in [-0.2, 0) is 6.42 Å². The van der Waals surface area contributed by atoms with Crippen LogP contribution in [0.4, 0.5) is 0 Å². The first-order chi connectivity index (χ1) is 6.75. The Hall–Kier alpha value is -0.900. The Bertz CT molecular complexity index is 293. The van der Waals surface area contributed by atoms with E-state index >= 15 is 0 Å². The molecule has 78 valence electrons. The first-order valence-electron chi connectivity index (χ1n) is 5.28. The minimum atomic E-state index is 0.642. The fourth-order valence-electron chi connectivity index (χ4n) is 1.62. The first-order valence-corrected chi connectivity index (χ1v) is 5.28. The highest BCUT2D eigenvalue weighted by Gasteiger charge is 2.27. The molecule has 0 aromatic carbocycles. The molecule has 1 saturated carbocycles. The van der Waals surface area contributed by atoms with Crippen molar-refractivity contribution in [2.45, 2.75) is 39.2 Å². The molecule has 0 aliphatic heterocycles. The van der Waals surface area contributed by atoms with Crippen LogP contribution >= 0.6 is 0 Å². The van der Waals surface area contributed by atoms with Gasteiger partial charge in [-0.3, -0.25) is 0 Å². The molecule has 0 saturated heterocycles. The second-order valence-corrected chi connectivity index (χ2v) is 4.06. The summed E-state index contributed by atoms with van der Waals surface area (Å²) >= 11 is 0. The third kappa shape index (κ3) is 2.54. The molecule has 0 radical (unpaired) electrons. The molecule has 1 atom stereocenters. The zero-order valence-electron chi connectivity index (χ0n) is 8.79. The normalized spacial score (nSPS) is 18.4. The van der Waals surface area contributed by atoms with E-state index in [1.807, 2.05) is 6.92 Å². The number of aromatic nitrogens is 2. The highest BCUT2D eigenvalue weighted by Crippen LogP contribution is 2.32. The third-order valence-corrected chi connectivity index (χ3v) is 2.71. The second-order valence-electron chi connectivity index (χ2n) is 4.06. The molecule has 0 bridgehead atoms. The van der Waals surface area contributed by atoms with Crippen LogP contribution in [0, 0.1) is 12.8 Å². The van der Waals surface area contributed by atoms with Gasteiger partial charge in [-0.1, -0.05) is 5.16 Å². The monoisotopic (exact) mass is 195 g/mol. The summed E-state index contributed by atoms with van der Waals surface area (Å²) in [7, 11) is 0. The summed E-state index contributed by atoms with van der Waals surface area (Å²) in [5.41, 5.74) is 0. The molecular weight excluding hydrogens is 178 g/mol. The fraction of sp³-hybridized carbons (Fsp3) is 0.800. The molecule has 1 aliphatic rings. The lowest BCUT2D eigenvalue weighted by atomic mass is 10.2. The molecule has 1 aliphatic carbocycles. The topological polar surface area (TPSA) is 51.0 Å². The number of aryl methyl sites for hydroxylation is 1. The molecule has 0 amide bonds. The fourth-order valence-corrected chi connectivity index (χ4v) is 1.62. The van der Waals surface area contributed by atoms with Crippen molar-refractivity contribution >= 4 is 0 Å². The quantitative estimate of drug-likeness (QED) is 0.769. The molecule has 0 spiro atoms. The van der Waals surface area contributed by atoms with Gasteiger partial charge < -0.3 is 9.84 Å². The predicted molar refractivity (Wildman–Crippen MR) is 52.9 cm³/mol. The molecule has 4 nitrogen and oxygen atoms in total. The Morgan fingerprint density at radius 3 is 2.93 bits per heavy atom. The van der Waals surface area contributed by atoms with Crippen molar-refractivity contribution in [1.82, 2.24) is 15.5 Å². The van der Waals surface area contributed by atoms with E-state index in [2.05, 4.69) is 22.4 Å². The van der Waals surface area contributed by atoms with Crippen molar-refractivity contribution in [2.75, 3.05) is 6.54 Å². The highest BCUT2D eigenvalue weighted by molar-refractivity contribution is 4.87. The lowest BCUT2D eigenvalue weighted by molar-refractivity contribution is 0.386. The van der Waals surface area contributed by atoms with E-state index in [0.717, 1.165) is 24.7 Å². The molecule has 1 heterocycles. The molecule has 1 unspecified atom stereocenters. The maximum absolute atomic E-state index is 4.89. The number of hydrogen-bond donors (Lipinski definition) is 1. The first kappa shape index (κ1) is 9.65. The number of rotatable bonds is 5. The van der Waals surface area contributed by atoms with Gasteiger partial charge in [-0.05, 0) is 25.7 Å². The van der Waals surface area contributed by atoms with Crippen LogP contribution in [0.1, 0.15) is 31.5 Å². The second kappa shape index (κ2) is 4.09. The van der Waals surface area contributed by atoms with E-state index in [1.165, 1.54) is 12.8 Å². The Kier molecular flexibility index (Phi) is 2.82. The molecule has 2 rings (SSSR count). The van der Waals surface area contributed by atoms with Crippen molar-refractivity contribution < 1.29 is 4.52 Å².